The summed E-state index contributed by atoms with van der Waals surface area (Å²) in [5, 5.41) is 35.0. The van der Waals surface area contributed by atoms with E-state index in [4.69, 9.17) is 14.2 Å². The van der Waals surface area contributed by atoms with Gasteiger partial charge in [-0.05, 0) is 65.1 Å². The molecule has 0 bridgehead atoms. The maximum Gasteiger partial charge on any atom is 0.311 e. The van der Waals surface area contributed by atoms with Crippen LogP contribution in [0.5, 0.6) is 23.0 Å². The number of hydrogen-bond donors (Lipinski definition) is 2. The number of hydrogen-bond acceptors (Lipinski definition) is 9. The molecule has 6 rings (SSSR count). The molecular weight excluding hydrogens is 646 g/mol. The summed E-state index contributed by atoms with van der Waals surface area (Å²) in [6.45, 7) is 0.583. The van der Waals surface area contributed by atoms with E-state index in [0.29, 0.717) is 35.8 Å². The number of nitrogens with zero attached hydrogens (tertiary/aromatic N) is 3. The van der Waals surface area contributed by atoms with Crippen LogP contribution in [0.3, 0.4) is 0 Å². The fourth-order valence-electron chi connectivity index (χ4n) is 5.95. The van der Waals surface area contributed by atoms with Crippen LogP contribution in [-0.4, -0.2) is 51.3 Å². The lowest BCUT2D eigenvalue weighted by molar-refractivity contribution is -0.386. The Bertz CT molecular complexity index is 2040. The van der Waals surface area contributed by atoms with Gasteiger partial charge >= 0.3 is 5.69 Å². The summed E-state index contributed by atoms with van der Waals surface area (Å²) in [5.74, 6) is 2.16. The number of nitro groups is 1. The molecule has 0 radical (unpaired) electrons. The van der Waals surface area contributed by atoms with Crippen LogP contribution in [0.2, 0.25) is 0 Å². The number of nitro benzene ring substituents is 1. The van der Waals surface area contributed by atoms with E-state index >= 15 is 0 Å². The second kappa shape index (κ2) is 16.7. The summed E-state index contributed by atoms with van der Waals surface area (Å²) < 4.78 is 17.3. The first-order chi connectivity index (χ1) is 24.9. The van der Waals surface area contributed by atoms with Crippen molar-refractivity contribution >= 4 is 16.6 Å². The van der Waals surface area contributed by atoms with E-state index in [1.54, 1.807) is 19.4 Å². The minimum Gasteiger partial charge on any atom is -0.497 e. The molecule has 0 fully saturated rings. The second-order valence-electron chi connectivity index (χ2n) is 12.2. The predicted molar refractivity (Wildman–Crippen MR) is 195 cm³/mol. The minimum atomic E-state index is -1.07. The molecule has 2 N–H and O–H groups in total. The van der Waals surface area contributed by atoms with Crippen molar-refractivity contribution in [2.24, 2.45) is 0 Å². The van der Waals surface area contributed by atoms with Crippen LogP contribution in [0.4, 0.5) is 5.69 Å². The van der Waals surface area contributed by atoms with Crippen molar-refractivity contribution in [3.63, 3.8) is 0 Å². The summed E-state index contributed by atoms with van der Waals surface area (Å²) in [5.41, 5.74) is 3.77. The topological polar surface area (TPSA) is 127 Å². The molecule has 0 spiro atoms. The fraction of sp³-hybridized carbons (Fsp3) is 0.195. The molecule has 1 heterocycles. The lowest BCUT2D eigenvalue weighted by Gasteiger charge is -2.32. The Morgan fingerprint density at radius 1 is 0.804 bits per heavy atom. The molecule has 6 aromatic rings. The van der Waals surface area contributed by atoms with Gasteiger partial charge in [-0.1, -0.05) is 78.9 Å². The normalized spacial score (nSPS) is 12.4. The van der Waals surface area contributed by atoms with Crippen LogP contribution in [0.15, 0.2) is 134 Å². The Labute approximate surface area is 296 Å². The van der Waals surface area contributed by atoms with Gasteiger partial charge in [0, 0.05) is 42.8 Å². The average Bonchev–Trinajstić information content (AvgIpc) is 3.17. The average molecular weight is 686 g/mol. The molecule has 10 nitrogen and oxygen atoms in total. The first-order valence-corrected chi connectivity index (χ1v) is 16.6. The van der Waals surface area contributed by atoms with E-state index in [1.165, 1.54) is 12.1 Å². The lowest BCUT2D eigenvalue weighted by atomic mass is 10.0. The quantitative estimate of drug-likeness (QED) is 0.0780. The Morgan fingerprint density at radius 2 is 1.51 bits per heavy atom. The minimum absolute atomic E-state index is 0.124. The maximum absolute atomic E-state index is 12.0. The number of rotatable bonds is 16. The van der Waals surface area contributed by atoms with Crippen molar-refractivity contribution in [1.29, 1.82) is 0 Å². The summed E-state index contributed by atoms with van der Waals surface area (Å²) in [6, 6.07) is 38.5. The molecule has 0 saturated heterocycles. The number of fused-ring (bicyclic) bond motifs is 1. The Balaban J connectivity index is 1.18. The van der Waals surface area contributed by atoms with Crippen LogP contribution in [0.25, 0.3) is 10.9 Å². The number of ether oxygens (including phenoxy) is 3. The Hall–Kier alpha value is -5.81. The molecule has 10 heteroatoms. The van der Waals surface area contributed by atoms with Crippen molar-refractivity contribution in [2.45, 2.75) is 31.7 Å². The number of pyridine rings is 1. The monoisotopic (exact) mass is 685 g/mol. The smallest absolute Gasteiger partial charge is 0.311 e. The molecule has 51 heavy (non-hydrogen) atoms. The highest BCUT2D eigenvalue weighted by atomic mass is 16.6. The molecule has 1 aromatic heterocycles. The second-order valence-corrected chi connectivity index (χ2v) is 12.2. The van der Waals surface area contributed by atoms with Gasteiger partial charge < -0.3 is 24.4 Å². The summed E-state index contributed by atoms with van der Waals surface area (Å²) in [7, 11) is 1.62. The fourth-order valence-corrected chi connectivity index (χ4v) is 5.95. The van der Waals surface area contributed by atoms with Crippen molar-refractivity contribution in [1.82, 2.24) is 9.88 Å². The summed E-state index contributed by atoms with van der Waals surface area (Å²) in [6.07, 6.45) is 1.11. The zero-order valence-corrected chi connectivity index (χ0v) is 28.2. The molecule has 0 aliphatic heterocycles. The number of aliphatic hydroxyl groups is 2. The van der Waals surface area contributed by atoms with Crippen LogP contribution >= 0.6 is 0 Å². The van der Waals surface area contributed by atoms with Crippen molar-refractivity contribution in [2.75, 3.05) is 20.3 Å². The third-order valence-corrected chi connectivity index (χ3v) is 8.70. The molecule has 2 atom stereocenters. The first-order valence-electron chi connectivity index (χ1n) is 16.6. The third-order valence-electron chi connectivity index (χ3n) is 8.70. The van der Waals surface area contributed by atoms with E-state index < -0.39 is 11.0 Å². The van der Waals surface area contributed by atoms with Gasteiger partial charge in [0.05, 0.1) is 30.3 Å². The largest absolute Gasteiger partial charge is 0.497 e. The van der Waals surface area contributed by atoms with Crippen molar-refractivity contribution in [3.8, 4) is 23.0 Å². The zero-order chi connectivity index (χ0) is 35.6. The highest BCUT2D eigenvalue weighted by molar-refractivity contribution is 5.86. The Kier molecular flexibility index (Phi) is 11.5. The van der Waals surface area contributed by atoms with Gasteiger partial charge in [-0.25, -0.2) is 0 Å². The van der Waals surface area contributed by atoms with Crippen LogP contribution < -0.4 is 14.2 Å². The zero-order valence-electron chi connectivity index (χ0n) is 28.2. The van der Waals surface area contributed by atoms with E-state index in [1.807, 2.05) is 114 Å². The maximum atomic E-state index is 12.0. The van der Waals surface area contributed by atoms with Gasteiger partial charge in [-0.2, -0.15) is 0 Å². The number of aliphatic hydroxyl groups excluding tert-OH is 2. The van der Waals surface area contributed by atoms with Gasteiger partial charge in [-0.15, -0.1) is 0 Å². The van der Waals surface area contributed by atoms with Crippen molar-refractivity contribution in [3.05, 3.63) is 166 Å². The molecular formula is C41H39N3O7. The van der Waals surface area contributed by atoms with Gasteiger partial charge in [0.1, 0.15) is 23.9 Å². The van der Waals surface area contributed by atoms with Crippen LogP contribution in [-0.2, 0) is 19.6 Å². The molecule has 260 valence electrons. The van der Waals surface area contributed by atoms with Gasteiger partial charge in [0.25, 0.3) is 0 Å². The van der Waals surface area contributed by atoms with E-state index in [0.717, 1.165) is 27.6 Å². The number of benzene rings is 5. The number of aromatic nitrogens is 1. The SMILES string of the molecule is COc1ccc2c(Oc3ccc(C[C@@H](CO)N(Cc4ccccc4)C[C@H](O)c4ccc(OCc5ccccc5)c([N+](=O)[O-])c4)cc3)ccnc2c1. The summed E-state index contributed by atoms with van der Waals surface area (Å²) >= 11 is 0. The van der Waals surface area contributed by atoms with E-state index in [-0.39, 0.29) is 37.2 Å². The molecule has 0 aliphatic carbocycles. The highest BCUT2D eigenvalue weighted by Gasteiger charge is 2.25. The van der Waals surface area contributed by atoms with Crippen LogP contribution in [0.1, 0.15) is 28.4 Å². The van der Waals surface area contributed by atoms with E-state index in [2.05, 4.69) is 4.98 Å². The Morgan fingerprint density at radius 3 is 2.20 bits per heavy atom. The predicted octanol–water partition coefficient (Wildman–Crippen LogP) is 7.66. The molecule has 0 amide bonds. The van der Waals surface area contributed by atoms with Crippen LogP contribution in [0, 0.1) is 10.1 Å². The third kappa shape index (κ3) is 9.06. The molecule has 0 unspecified atom stereocenters. The first kappa shape index (κ1) is 35.0. The van der Waals surface area contributed by atoms with Gasteiger partial charge in [0.15, 0.2) is 5.75 Å². The van der Waals surface area contributed by atoms with Gasteiger partial charge in [0.2, 0.25) is 0 Å². The molecule has 0 saturated carbocycles. The van der Waals surface area contributed by atoms with E-state index in [9.17, 15) is 20.3 Å². The standard InChI is InChI=1S/C41H39N3O7/c1-49-35-17-18-36-37(24-35)42-21-20-40(36)51-34-15-12-29(13-16-34)22-33(27-45)43(25-30-8-4-2-5-9-30)26-39(46)32-14-19-41(38(23-32)44(47)48)50-28-31-10-6-3-7-11-31/h2-21,23-24,33,39,45-46H,22,25-28H2,1H3/t33-,39-/m0/s1. The lowest BCUT2D eigenvalue weighted by Crippen LogP contribution is -2.41. The molecule has 5 aromatic carbocycles. The van der Waals surface area contributed by atoms with Crippen molar-refractivity contribution < 1.29 is 29.3 Å². The number of methoxy groups -OCH3 is 1. The summed E-state index contributed by atoms with van der Waals surface area (Å²) in [4.78, 5) is 18.0. The molecule has 0 aliphatic rings. The highest BCUT2D eigenvalue weighted by Crippen LogP contribution is 2.33. The van der Waals surface area contributed by atoms with Gasteiger partial charge in [-0.3, -0.25) is 20.0 Å².